The van der Waals surface area contributed by atoms with Crippen LogP contribution in [0.4, 0.5) is 5.82 Å². The van der Waals surface area contributed by atoms with Crippen LogP contribution in [0.1, 0.15) is 40.7 Å². The van der Waals surface area contributed by atoms with Gasteiger partial charge in [0.25, 0.3) is 0 Å². The fourth-order valence-corrected chi connectivity index (χ4v) is 4.08. The van der Waals surface area contributed by atoms with Gasteiger partial charge in [0.05, 0.1) is 5.02 Å². The Kier molecular flexibility index (Phi) is 5.91. The fourth-order valence-electron chi connectivity index (χ4n) is 3.97. The van der Waals surface area contributed by atoms with E-state index in [4.69, 9.17) is 22.1 Å². The molecule has 2 heterocycles. The van der Waals surface area contributed by atoms with E-state index in [1.807, 2.05) is 48.5 Å². The number of hydrogen-bond acceptors (Lipinski definition) is 4. The van der Waals surface area contributed by atoms with Crippen molar-refractivity contribution >= 4 is 23.3 Å². The number of benzene rings is 2. The zero-order valence-corrected chi connectivity index (χ0v) is 17.6. The van der Waals surface area contributed by atoms with Crippen molar-refractivity contribution in [1.82, 2.24) is 4.98 Å². The topological polar surface area (TPSA) is 68.4 Å². The second kappa shape index (κ2) is 8.76. The predicted molar refractivity (Wildman–Crippen MR) is 120 cm³/mol. The Hall–Kier alpha value is -3.05. The minimum atomic E-state index is -0.442. The highest BCUT2D eigenvalue weighted by Crippen LogP contribution is 2.35. The summed E-state index contributed by atoms with van der Waals surface area (Å²) < 4.78 is 6.07. The Balaban J connectivity index is 1.57. The van der Waals surface area contributed by atoms with Gasteiger partial charge in [-0.3, -0.25) is 4.79 Å². The molecule has 0 aliphatic carbocycles. The number of carbonyl (C=O) groups excluding carboxylic acids is 1. The third kappa shape index (κ3) is 4.26. The molecule has 1 saturated heterocycles. The standard InChI is InChI=1S/C24H24ClN3O2/c1-2-16-5-3-4-6-22(16)30-19-8-9-20(21(13-19)24(26)29)17-11-12-28(15-17)23-10-7-18(25)14-27-23/h3-10,13-14,17H,2,11-12,15H2,1H3,(H2,26,29). The Labute approximate surface area is 181 Å². The maximum Gasteiger partial charge on any atom is 0.249 e. The molecule has 0 saturated carbocycles. The molecule has 4 rings (SSSR count). The number of aryl methyl sites for hydroxylation is 1. The summed E-state index contributed by atoms with van der Waals surface area (Å²) in [5.74, 6) is 2.05. The summed E-state index contributed by atoms with van der Waals surface area (Å²) in [4.78, 5) is 18.8. The zero-order valence-electron chi connectivity index (χ0n) is 16.8. The summed E-state index contributed by atoms with van der Waals surface area (Å²) >= 11 is 5.95. The van der Waals surface area contributed by atoms with E-state index >= 15 is 0 Å². The lowest BCUT2D eigenvalue weighted by Crippen LogP contribution is -2.21. The molecule has 1 amide bonds. The Morgan fingerprint density at radius 2 is 2.07 bits per heavy atom. The van der Waals surface area contributed by atoms with Crippen LogP contribution in [0, 0.1) is 0 Å². The molecule has 1 aliphatic rings. The smallest absolute Gasteiger partial charge is 0.249 e. The van der Waals surface area contributed by atoms with Gasteiger partial charge in [0, 0.05) is 30.8 Å². The van der Waals surface area contributed by atoms with Crippen LogP contribution in [0.3, 0.4) is 0 Å². The number of nitrogens with two attached hydrogens (primary N) is 1. The third-order valence-electron chi connectivity index (χ3n) is 5.54. The summed E-state index contributed by atoms with van der Waals surface area (Å²) in [6.07, 6.45) is 3.44. The quantitative estimate of drug-likeness (QED) is 0.595. The third-order valence-corrected chi connectivity index (χ3v) is 5.76. The first-order chi connectivity index (χ1) is 14.5. The minimum Gasteiger partial charge on any atom is -0.457 e. The Bertz CT molecular complexity index is 1050. The van der Waals surface area contributed by atoms with E-state index in [1.165, 1.54) is 0 Å². The number of ether oxygens (including phenoxy) is 1. The number of aromatic nitrogens is 1. The molecule has 0 bridgehead atoms. The van der Waals surface area contributed by atoms with Gasteiger partial charge >= 0.3 is 0 Å². The highest BCUT2D eigenvalue weighted by Gasteiger charge is 2.28. The van der Waals surface area contributed by atoms with Gasteiger partial charge in [-0.15, -0.1) is 0 Å². The Morgan fingerprint density at radius 1 is 1.23 bits per heavy atom. The lowest BCUT2D eigenvalue weighted by atomic mass is 9.93. The lowest BCUT2D eigenvalue weighted by Gasteiger charge is -2.19. The molecule has 30 heavy (non-hydrogen) atoms. The molecule has 6 heteroatoms. The molecule has 1 aromatic heterocycles. The number of amides is 1. The van der Waals surface area contributed by atoms with Crippen LogP contribution in [0.25, 0.3) is 0 Å². The first kappa shape index (κ1) is 20.2. The van der Waals surface area contributed by atoms with Gasteiger partial charge < -0.3 is 15.4 Å². The van der Waals surface area contributed by atoms with Crippen molar-refractivity contribution in [2.24, 2.45) is 5.73 Å². The second-order valence-electron chi connectivity index (χ2n) is 7.44. The van der Waals surface area contributed by atoms with Crippen molar-refractivity contribution in [2.75, 3.05) is 18.0 Å². The molecule has 0 spiro atoms. The maximum absolute atomic E-state index is 12.2. The Morgan fingerprint density at radius 3 is 2.80 bits per heavy atom. The van der Waals surface area contributed by atoms with Gasteiger partial charge in [-0.25, -0.2) is 4.98 Å². The fraction of sp³-hybridized carbons (Fsp3) is 0.250. The van der Waals surface area contributed by atoms with Gasteiger partial charge in [0.15, 0.2) is 0 Å². The number of pyridine rings is 1. The van der Waals surface area contributed by atoms with Crippen molar-refractivity contribution in [3.63, 3.8) is 0 Å². The van der Waals surface area contributed by atoms with E-state index in [-0.39, 0.29) is 5.92 Å². The number of carbonyl (C=O) groups is 1. The van der Waals surface area contributed by atoms with Crippen molar-refractivity contribution in [3.8, 4) is 11.5 Å². The lowest BCUT2D eigenvalue weighted by molar-refractivity contribution is 0.0998. The molecule has 1 atom stereocenters. The number of halogens is 1. The summed E-state index contributed by atoms with van der Waals surface area (Å²) in [5, 5.41) is 0.616. The minimum absolute atomic E-state index is 0.196. The first-order valence-electron chi connectivity index (χ1n) is 10.1. The molecule has 1 aliphatic heterocycles. The molecular weight excluding hydrogens is 398 g/mol. The van der Waals surface area contributed by atoms with Crippen molar-refractivity contribution in [3.05, 3.63) is 82.5 Å². The predicted octanol–water partition coefficient (Wildman–Crippen LogP) is 5.18. The van der Waals surface area contributed by atoms with Crippen LogP contribution in [0.2, 0.25) is 5.02 Å². The van der Waals surface area contributed by atoms with E-state index in [0.29, 0.717) is 16.3 Å². The average Bonchev–Trinajstić information content (AvgIpc) is 3.24. The van der Waals surface area contributed by atoms with Gasteiger partial charge in [-0.1, -0.05) is 42.8 Å². The van der Waals surface area contributed by atoms with Crippen molar-refractivity contribution in [2.45, 2.75) is 25.7 Å². The molecule has 0 radical (unpaired) electrons. The number of para-hydroxylation sites is 1. The molecule has 2 N–H and O–H groups in total. The maximum atomic E-state index is 12.2. The van der Waals surface area contributed by atoms with E-state index in [9.17, 15) is 4.79 Å². The van der Waals surface area contributed by atoms with Crippen LogP contribution in [-0.4, -0.2) is 24.0 Å². The zero-order chi connectivity index (χ0) is 21.1. The summed E-state index contributed by atoms with van der Waals surface area (Å²) in [5.41, 5.74) is 8.31. The summed E-state index contributed by atoms with van der Waals surface area (Å²) in [6.45, 7) is 3.72. The highest BCUT2D eigenvalue weighted by atomic mass is 35.5. The molecule has 2 aromatic carbocycles. The number of primary amides is 1. The van der Waals surface area contributed by atoms with Crippen molar-refractivity contribution in [1.29, 1.82) is 0 Å². The number of hydrogen-bond donors (Lipinski definition) is 1. The number of rotatable bonds is 6. The van der Waals surface area contributed by atoms with E-state index in [1.54, 1.807) is 12.3 Å². The number of anilines is 1. The normalized spacial score (nSPS) is 15.9. The van der Waals surface area contributed by atoms with Crippen LogP contribution in [-0.2, 0) is 6.42 Å². The van der Waals surface area contributed by atoms with Gasteiger partial charge in [0.1, 0.15) is 17.3 Å². The van der Waals surface area contributed by atoms with E-state index in [2.05, 4.69) is 16.8 Å². The van der Waals surface area contributed by atoms with Crippen LogP contribution in [0.15, 0.2) is 60.8 Å². The molecule has 3 aromatic rings. The highest BCUT2D eigenvalue weighted by molar-refractivity contribution is 6.30. The first-order valence-corrected chi connectivity index (χ1v) is 10.5. The average molecular weight is 422 g/mol. The van der Waals surface area contributed by atoms with Crippen LogP contribution < -0.4 is 15.4 Å². The molecule has 154 valence electrons. The summed E-state index contributed by atoms with van der Waals surface area (Å²) in [6, 6.07) is 17.3. The number of nitrogens with zero attached hydrogens (tertiary/aromatic N) is 2. The van der Waals surface area contributed by atoms with Gasteiger partial charge in [-0.2, -0.15) is 0 Å². The molecular formula is C24H24ClN3O2. The van der Waals surface area contributed by atoms with Crippen LogP contribution >= 0.6 is 11.6 Å². The van der Waals surface area contributed by atoms with Crippen LogP contribution in [0.5, 0.6) is 11.5 Å². The summed E-state index contributed by atoms with van der Waals surface area (Å²) in [7, 11) is 0. The van der Waals surface area contributed by atoms with E-state index < -0.39 is 5.91 Å². The van der Waals surface area contributed by atoms with E-state index in [0.717, 1.165) is 48.6 Å². The second-order valence-corrected chi connectivity index (χ2v) is 7.88. The monoisotopic (exact) mass is 421 g/mol. The van der Waals surface area contributed by atoms with Gasteiger partial charge in [0.2, 0.25) is 5.91 Å². The molecule has 5 nitrogen and oxygen atoms in total. The van der Waals surface area contributed by atoms with Crippen molar-refractivity contribution < 1.29 is 9.53 Å². The molecule has 1 unspecified atom stereocenters. The SMILES string of the molecule is CCc1ccccc1Oc1ccc(C2CCN(c3ccc(Cl)cn3)C2)c(C(N)=O)c1. The molecule has 1 fully saturated rings. The largest absolute Gasteiger partial charge is 0.457 e. The van der Waals surface area contributed by atoms with Gasteiger partial charge in [-0.05, 0) is 54.3 Å².